The van der Waals surface area contributed by atoms with Crippen LogP contribution in [0.4, 0.5) is 11.5 Å². The number of piperazine rings is 2. The number of aromatic nitrogens is 1. The number of hydrogen-bond acceptors (Lipinski definition) is 20. The maximum atomic E-state index is 14.7. The Morgan fingerprint density at radius 3 is 2.17 bits per heavy atom. The molecule has 0 saturated carbocycles. The van der Waals surface area contributed by atoms with Gasteiger partial charge in [-0.3, -0.25) is 19.4 Å². The summed E-state index contributed by atoms with van der Waals surface area (Å²) < 4.78 is 31.3. The van der Waals surface area contributed by atoms with Crippen LogP contribution < -0.4 is 20.4 Å². The van der Waals surface area contributed by atoms with Crippen molar-refractivity contribution in [1.29, 1.82) is 0 Å². The molecule has 2 saturated heterocycles. The number of ketones is 1. The van der Waals surface area contributed by atoms with Crippen molar-refractivity contribution in [2.45, 2.75) is 92.1 Å². The number of rotatable bonds is 9. The predicted molar refractivity (Wildman–Crippen MR) is 291 cm³/mol. The first-order chi connectivity index (χ1) is 36.9. The number of esters is 2. The monoisotopic (exact) mass is 1090 g/mol. The van der Waals surface area contributed by atoms with Gasteiger partial charge in [-0.2, -0.15) is 5.10 Å². The van der Waals surface area contributed by atoms with E-state index in [-0.39, 0.29) is 50.0 Å². The van der Waals surface area contributed by atoms with Crippen molar-refractivity contribution in [3.05, 3.63) is 80.9 Å². The van der Waals surface area contributed by atoms with Gasteiger partial charge in [0, 0.05) is 125 Å². The number of likely N-dealkylation sites (N-methyl/N-ethyl adjacent to an activating group) is 2. The number of fused-ring (bicyclic) bond motifs is 14. The summed E-state index contributed by atoms with van der Waals surface area (Å²) in [4.78, 5) is 75.6. The molecule has 0 unspecified atom stereocenters. The van der Waals surface area contributed by atoms with Crippen LogP contribution in [0, 0.1) is 30.6 Å². The van der Waals surface area contributed by atoms with E-state index in [4.69, 9.17) is 23.7 Å². The number of amides is 1. The largest absolute Gasteiger partial charge is 0.507 e. The van der Waals surface area contributed by atoms with Crippen molar-refractivity contribution in [3.63, 3.8) is 0 Å². The van der Waals surface area contributed by atoms with Crippen molar-refractivity contribution in [3.8, 4) is 23.0 Å². The lowest BCUT2D eigenvalue weighted by Gasteiger charge is -2.38. The molecule has 1 amide bonds. The van der Waals surface area contributed by atoms with Crippen LogP contribution in [-0.2, 0) is 35.1 Å². The molecule has 424 valence electrons. The molecule has 6 N–H and O–H groups in total. The molecule has 0 radical (unpaired) electrons. The number of hydrogen-bond donors (Lipinski definition) is 6. The molecule has 0 spiro atoms. The van der Waals surface area contributed by atoms with E-state index in [9.17, 15) is 49.5 Å². The number of ether oxygens (including phenoxy) is 5. The first-order valence-electron chi connectivity index (χ1n) is 26.4. The summed E-state index contributed by atoms with van der Waals surface area (Å²) >= 11 is 0. The smallest absolute Gasteiger partial charge is 0.344 e. The van der Waals surface area contributed by atoms with E-state index in [2.05, 4.69) is 25.1 Å². The van der Waals surface area contributed by atoms with Crippen LogP contribution in [0.25, 0.3) is 10.8 Å². The van der Waals surface area contributed by atoms with Crippen molar-refractivity contribution < 1.29 is 68.4 Å². The number of allylic oxidation sites excluding steroid dienone is 2. The van der Waals surface area contributed by atoms with Gasteiger partial charge in [-0.1, -0.05) is 45.9 Å². The summed E-state index contributed by atoms with van der Waals surface area (Å²) in [6, 6.07) is 1.39. The van der Waals surface area contributed by atoms with E-state index in [0.717, 1.165) is 19.4 Å². The molecule has 78 heavy (non-hydrogen) atoms. The molecule has 5 bridgehead atoms. The lowest BCUT2D eigenvalue weighted by molar-refractivity contribution is -0.166. The van der Waals surface area contributed by atoms with Crippen molar-refractivity contribution in [2.24, 2.45) is 28.8 Å². The number of aromatic hydroxyl groups is 3. The molecule has 5 aliphatic heterocycles. The normalized spacial score (nSPS) is 28.5. The number of Topliss-reactive ketones (excluding diaryl/α,β-unsaturated/α-hetero) is 1. The highest BCUT2D eigenvalue weighted by Crippen LogP contribution is 2.55. The number of anilines is 2. The standard InChI is InChI=1S/C56H75N7O15/c1-12-61-28-37(38(64)26-40(61)62-21-17-59(9)18-22-62)55(73)75-29-41(65)77-51-32(4)39(74-11)16-25-76-56(8)53(71)44-42-43(48(68)35(7)52(44)78-56)50(70)45(36(49(42)69)27-57-63-23-19-60(10)20-24-63)58-54(72)31(3)15-13-14-30(2)46(66)33(5)47(67)34(51)6/h13-16,25-28,30,32-34,39,46-47,51,66-70H,12,17-24,29H2,1-11H3,(H,58,72)/b14-13+,25-16+,31-15-,57-27+/t30-,32+,33+,34+,39-,46-,47+,51+,56-/m0/s1. The van der Waals surface area contributed by atoms with Crippen LogP contribution in [0.1, 0.15) is 80.3 Å². The number of nitrogens with zero attached hydrogens (tertiary/aromatic N) is 6. The number of pyridine rings is 1. The minimum absolute atomic E-state index is 0.00807. The van der Waals surface area contributed by atoms with Gasteiger partial charge in [0.2, 0.25) is 0 Å². The van der Waals surface area contributed by atoms with Gasteiger partial charge in [0.05, 0.1) is 53.0 Å². The van der Waals surface area contributed by atoms with Gasteiger partial charge >= 0.3 is 17.7 Å². The summed E-state index contributed by atoms with van der Waals surface area (Å²) in [6.07, 6.45) is 5.16. The number of aliphatic hydroxyl groups is 2. The number of carbonyl (C=O) groups is 4. The Balaban J connectivity index is 1.23. The maximum Gasteiger partial charge on any atom is 0.344 e. The van der Waals surface area contributed by atoms with Crippen LogP contribution in [0.15, 0.2) is 58.3 Å². The molecule has 5 aliphatic rings. The Bertz CT molecular complexity index is 2960. The summed E-state index contributed by atoms with van der Waals surface area (Å²) in [6.45, 7) is 17.7. The van der Waals surface area contributed by atoms with Crippen LogP contribution in [-0.4, -0.2) is 185 Å². The summed E-state index contributed by atoms with van der Waals surface area (Å²) in [5, 5.41) is 68.0. The molecule has 9 atom stereocenters. The molecule has 0 aliphatic carbocycles. The number of aryl methyl sites for hydroxylation is 1. The minimum Gasteiger partial charge on any atom is -0.507 e. The summed E-state index contributed by atoms with van der Waals surface area (Å²) in [5.74, 6) is -10.3. The lowest BCUT2D eigenvalue weighted by Crippen LogP contribution is -2.47. The molecule has 8 rings (SSSR count). The molecule has 2 aromatic carbocycles. The highest BCUT2D eigenvalue weighted by Gasteiger charge is 2.50. The van der Waals surface area contributed by atoms with Crippen LogP contribution in [0.5, 0.6) is 23.0 Å². The second-order valence-electron chi connectivity index (χ2n) is 21.1. The minimum atomic E-state index is -2.15. The average molecular weight is 1090 g/mol. The van der Waals surface area contributed by atoms with Gasteiger partial charge in [-0.15, -0.1) is 0 Å². The van der Waals surface area contributed by atoms with Crippen molar-refractivity contribution in [2.75, 3.05) is 90.4 Å². The topological polar surface area (TPSA) is 275 Å². The van der Waals surface area contributed by atoms with E-state index in [1.165, 1.54) is 58.5 Å². The van der Waals surface area contributed by atoms with E-state index >= 15 is 0 Å². The first kappa shape index (κ1) is 58.7. The summed E-state index contributed by atoms with van der Waals surface area (Å²) in [5.41, 5.74) is -1.42. The fourth-order valence-electron chi connectivity index (χ4n) is 10.4. The van der Waals surface area contributed by atoms with E-state index < -0.39 is 107 Å². The lowest BCUT2D eigenvalue weighted by atomic mass is 9.78. The highest BCUT2D eigenvalue weighted by molar-refractivity contribution is 6.24. The molecular weight excluding hydrogens is 1010 g/mol. The number of phenolic OH excluding ortho intramolecular Hbond substituents is 3. The van der Waals surface area contributed by atoms with Crippen molar-refractivity contribution >= 4 is 52.1 Å². The second-order valence-corrected chi connectivity index (χ2v) is 21.1. The Morgan fingerprint density at radius 2 is 1.53 bits per heavy atom. The van der Waals surface area contributed by atoms with Gasteiger partial charge in [-0.05, 0) is 40.9 Å². The third-order valence-electron chi connectivity index (χ3n) is 15.6. The van der Waals surface area contributed by atoms with Crippen LogP contribution >= 0.6 is 0 Å². The van der Waals surface area contributed by atoms with E-state index in [1.807, 2.05) is 21.0 Å². The molecule has 1 aromatic heterocycles. The SMILES string of the molecule is CCn1cc(C(=O)OCC(=O)O[C@H]2[C@H](C)[C@H](O)[C@H](C)[C@@H](O)[C@@H](C)/C=C/C=C(/C)C(=O)Nc3c(/C=N/N4CCN(C)CC4)c(O)c4c5c(c(C)c(O)c4c3O)O[C@](C)(O/C=C/[C@H](OC)[C@H]2C)C5=O)c(=O)cc1N1CCN(C)CC1. The second kappa shape index (κ2) is 24.4. The fraction of sp³-hybridized carbons (Fsp3) is 0.536. The molecule has 2 fully saturated rings. The Labute approximate surface area is 453 Å². The first-order valence-corrected chi connectivity index (χ1v) is 26.4. The summed E-state index contributed by atoms with van der Waals surface area (Å²) in [7, 11) is 5.37. The zero-order valence-corrected chi connectivity index (χ0v) is 46.3. The van der Waals surface area contributed by atoms with Crippen LogP contribution in [0.3, 0.4) is 0 Å². The predicted octanol–water partition coefficient (Wildman–Crippen LogP) is 4.11. The van der Waals surface area contributed by atoms with Gasteiger partial charge in [0.1, 0.15) is 34.7 Å². The Kier molecular flexibility index (Phi) is 18.3. The molecule has 22 nitrogen and oxygen atoms in total. The number of aliphatic hydroxyl groups excluding tert-OH is 2. The number of phenols is 3. The number of carbonyl (C=O) groups excluding carboxylic acids is 4. The Morgan fingerprint density at radius 1 is 0.872 bits per heavy atom. The zero-order valence-electron chi connectivity index (χ0n) is 46.3. The third kappa shape index (κ3) is 12.0. The molecule has 3 aromatic rings. The molecular formula is C56H75N7O15. The van der Waals surface area contributed by atoms with Gasteiger partial charge in [0.25, 0.3) is 11.7 Å². The number of methoxy groups -OCH3 is 1. The molecule has 22 heteroatoms. The third-order valence-corrected chi connectivity index (χ3v) is 15.6. The van der Waals surface area contributed by atoms with Gasteiger partial charge in [0.15, 0.2) is 17.8 Å². The van der Waals surface area contributed by atoms with E-state index in [1.54, 1.807) is 49.4 Å². The Hall–Kier alpha value is -6.98. The van der Waals surface area contributed by atoms with Crippen molar-refractivity contribution in [1.82, 2.24) is 19.4 Å². The fourth-order valence-corrected chi connectivity index (χ4v) is 10.4. The maximum absolute atomic E-state index is 14.7. The number of benzene rings is 2. The number of hydrazone groups is 1. The van der Waals surface area contributed by atoms with Crippen LogP contribution in [0.2, 0.25) is 0 Å². The molecule has 6 heterocycles. The van der Waals surface area contributed by atoms with E-state index in [0.29, 0.717) is 51.6 Å². The zero-order chi connectivity index (χ0) is 57.1. The highest BCUT2D eigenvalue weighted by atomic mass is 16.7. The van der Waals surface area contributed by atoms with Gasteiger partial charge < -0.3 is 73.8 Å². The number of nitrogens with one attached hydrogen (secondary N) is 1. The quantitative estimate of drug-likeness (QED) is 0.0762. The average Bonchev–Trinajstić information content (AvgIpc) is 3.93. The van der Waals surface area contributed by atoms with Gasteiger partial charge in [-0.25, -0.2) is 9.59 Å².